The van der Waals surface area contributed by atoms with E-state index in [1.54, 1.807) is 13.8 Å². The fourth-order valence-corrected chi connectivity index (χ4v) is 3.22. The third-order valence-corrected chi connectivity index (χ3v) is 5.75. The number of rotatable bonds is 10. The van der Waals surface area contributed by atoms with Crippen molar-refractivity contribution in [2.75, 3.05) is 19.8 Å². The van der Waals surface area contributed by atoms with Gasteiger partial charge in [0.15, 0.2) is 0 Å². The minimum atomic E-state index is -1.23. The van der Waals surface area contributed by atoms with Crippen molar-refractivity contribution in [2.24, 2.45) is 11.3 Å². The van der Waals surface area contributed by atoms with E-state index in [0.717, 1.165) is 32.1 Å². The summed E-state index contributed by atoms with van der Waals surface area (Å²) in [5.74, 6) is -0.0701. The van der Waals surface area contributed by atoms with Crippen molar-refractivity contribution in [3.05, 3.63) is 23.3 Å². The summed E-state index contributed by atoms with van der Waals surface area (Å²) in [6.07, 6.45) is 8.97. The molecule has 1 rings (SSSR count). The van der Waals surface area contributed by atoms with E-state index in [4.69, 9.17) is 10.2 Å². The van der Waals surface area contributed by atoms with Gasteiger partial charge in [-0.2, -0.15) is 0 Å². The number of nitrogens with one attached hydrogen (secondary N) is 1. The number of aliphatic hydroxyl groups is 4. The highest BCUT2D eigenvalue weighted by molar-refractivity contribution is 5.81. The smallest absolute Gasteiger partial charge is 0.249 e. The fraction of sp³-hybridized carbons (Fsp3) is 0.792. The second-order valence-electron chi connectivity index (χ2n) is 9.62. The van der Waals surface area contributed by atoms with E-state index in [1.165, 1.54) is 11.1 Å². The van der Waals surface area contributed by atoms with Crippen molar-refractivity contribution >= 4 is 5.91 Å². The van der Waals surface area contributed by atoms with E-state index >= 15 is 0 Å². The van der Waals surface area contributed by atoms with Gasteiger partial charge in [-0.05, 0) is 72.1 Å². The van der Waals surface area contributed by atoms with Crippen LogP contribution in [0.4, 0.5) is 0 Å². The van der Waals surface area contributed by atoms with Crippen LogP contribution in [0.25, 0.3) is 0 Å². The van der Waals surface area contributed by atoms with Crippen LogP contribution in [0, 0.1) is 11.3 Å². The molecule has 1 unspecified atom stereocenters. The van der Waals surface area contributed by atoms with Crippen LogP contribution in [-0.4, -0.2) is 57.8 Å². The molecule has 0 aromatic rings. The lowest BCUT2D eigenvalue weighted by Crippen LogP contribution is -2.45. The van der Waals surface area contributed by atoms with Crippen LogP contribution in [-0.2, 0) is 4.79 Å². The van der Waals surface area contributed by atoms with Gasteiger partial charge in [0, 0.05) is 18.6 Å². The Morgan fingerprint density at radius 3 is 2.40 bits per heavy atom. The monoisotopic (exact) mass is 427 g/mol. The van der Waals surface area contributed by atoms with E-state index in [0.29, 0.717) is 18.9 Å². The Hall–Kier alpha value is -1.21. The predicted octanol–water partition coefficient (Wildman–Crippen LogP) is 3.09. The maximum absolute atomic E-state index is 11.3. The molecule has 0 fully saturated rings. The summed E-state index contributed by atoms with van der Waals surface area (Å²) in [7, 11) is 0. The lowest BCUT2D eigenvalue weighted by molar-refractivity contribution is -0.137. The number of hydrogen-bond acceptors (Lipinski definition) is 5. The molecule has 6 heteroatoms. The van der Waals surface area contributed by atoms with Crippen molar-refractivity contribution < 1.29 is 25.2 Å². The van der Waals surface area contributed by atoms with Crippen LogP contribution >= 0.6 is 0 Å². The van der Waals surface area contributed by atoms with E-state index in [2.05, 4.69) is 38.2 Å². The highest BCUT2D eigenvalue weighted by Crippen LogP contribution is 2.34. The molecular formula is C24H45NO5. The molecule has 0 saturated carbocycles. The van der Waals surface area contributed by atoms with Crippen LogP contribution < -0.4 is 5.32 Å². The first-order valence-electron chi connectivity index (χ1n) is 11.1. The molecule has 0 saturated heterocycles. The molecule has 1 amide bonds. The zero-order chi connectivity index (χ0) is 23.4. The Bertz CT molecular complexity index is 562. The predicted molar refractivity (Wildman–Crippen MR) is 122 cm³/mol. The number of amides is 1. The molecule has 0 aromatic carbocycles. The average molecular weight is 428 g/mol. The number of carbonyl (C=O) groups excluding carboxylic acids is 1. The number of carbonyl (C=O) groups is 1. The van der Waals surface area contributed by atoms with E-state index in [-0.39, 0.29) is 13.2 Å². The zero-order valence-electron chi connectivity index (χ0n) is 19.9. The Kier molecular flexibility index (Phi) is 13.4. The molecular weight excluding hydrogens is 382 g/mol. The number of aliphatic hydroxyl groups excluding tert-OH is 3. The Morgan fingerprint density at radius 1 is 1.30 bits per heavy atom. The van der Waals surface area contributed by atoms with Gasteiger partial charge in [0.05, 0.1) is 12.2 Å². The SMILES string of the molecule is CC(C)(CO)C(O)C(=O)NCCCO.CC(C)=CCC[C@@](C)(O)[C@H]1CC=C(C)CC1. The maximum Gasteiger partial charge on any atom is 0.249 e. The Morgan fingerprint density at radius 2 is 1.93 bits per heavy atom. The van der Waals surface area contributed by atoms with Gasteiger partial charge in [-0.25, -0.2) is 0 Å². The fourth-order valence-electron chi connectivity index (χ4n) is 3.22. The normalized spacial score (nSPS) is 19.5. The first kappa shape index (κ1) is 28.8. The number of allylic oxidation sites excluding steroid dienone is 4. The molecule has 3 atom stereocenters. The third-order valence-electron chi connectivity index (χ3n) is 5.75. The molecule has 0 aliphatic heterocycles. The van der Waals surface area contributed by atoms with Gasteiger partial charge in [-0.3, -0.25) is 4.79 Å². The summed E-state index contributed by atoms with van der Waals surface area (Å²) >= 11 is 0. The zero-order valence-corrected chi connectivity index (χ0v) is 19.9. The lowest BCUT2D eigenvalue weighted by atomic mass is 9.76. The summed E-state index contributed by atoms with van der Waals surface area (Å²) in [6.45, 7) is 11.7. The van der Waals surface area contributed by atoms with Crippen molar-refractivity contribution in [1.82, 2.24) is 5.32 Å². The standard InChI is InChI=1S/C15H26O.C9H19NO4/c1-12(2)6-5-11-15(4,16)14-9-7-13(3)8-10-14;1-9(2,6-12)7(13)8(14)10-4-3-5-11/h6-7,14,16H,5,8-11H2,1-4H3;7,11-13H,3-6H2,1-2H3,(H,10,14)/t14-,15+;/m0./s1. The molecule has 0 radical (unpaired) electrons. The van der Waals surface area contributed by atoms with Gasteiger partial charge in [-0.15, -0.1) is 0 Å². The van der Waals surface area contributed by atoms with E-state index in [9.17, 15) is 15.0 Å². The summed E-state index contributed by atoms with van der Waals surface area (Å²) in [5, 5.41) is 39.8. The van der Waals surface area contributed by atoms with Crippen LogP contribution in [0.2, 0.25) is 0 Å². The molecule has 0 spiro atoms. The molecule has 0 aromatic heterocycles. The first-order valence-corrected chi connectivity index (χ1v) is 11.1. The topological polar surface area (TPSA) is 110 Å². The maximum atomic E-state index is 11.3. The second kappa shape index (κ2) is 14.0. The second-order valence-corrected chi connectivity index (χ2v) is 9.62. The molecule has 5 N–H and O–H groups in total. The molecule has 1 aliphatic rings. The quantitative estimate of drug-likeness (QED) is 0.272. The van der Waals surface area contributed by atoms with Crippen molar-refractivity contribution in [2.45, 2.75) is 91.8 Å². The molecule has 30 heavy (non-hydrogen) atoms. The summed E-state index contributed by atoms with van der Waals surface area (Å²) in [6, 6.07) is 0. The van der Waals surface area contributed by atoms with Crippen molar-refractivity contribution in [3.8, 4) is 0 Å². The highest BCUT2D eigenvalue weighted by Gasteiger charge is 2.33. The third kappa shape index (κ3) is 11.3. The minimum Gasteiger partial charge on any atom is -0.396 e. The van der Waals surface area contributed by atoms with Gasteiger partial charge >= 0.3 is 0 Å². The minimum absolute atomic E-state index is 0.000230. The van der Waals surface area contributed by atoms with Gasteiger partial charge < -0.3 is 25.7 Å². The average Bonchev–Trinajstić information content (AvgIpc) is 2.67. The van der Waals surface area contributed by atoms with E-state index < -0.39 is 23.0 Å². The molecule has 1 aliphatic carbocycles. The summed E-state index contributed by atoms with van der Waals surface area (Å²) < 4.78 is 0. The Labute approximate surface area is 183 Å². The molecule has 176 valence electrons. The Balaban J connectivity index is 0.000000567. The highest BCUT2D eigenvalue weighted by atomic mass is 16.3. The molecule has 6 nitrogen and oxygen atoms in total. The van der Waals surface area contributed by atoms with Gasteiger partial charge in [-0.1, -0.05) is 37.1 Å². The first-order chi connectivity index (χ1) is 13.9. The van der Waals surface area contributed by atoms with Crippen molar-refractivity contribution in [3.63, 3.8) is 0 Å². The van der Waals surface area contributed by atoms with Crippen LogP contribution in [0.3, 0.4) is 0 Å². The van der Waals surface area contributed by atoms with Gasteiger partial charge in [0.2, 0.25) is 5.91 Å². The van der Waals surface area contributed by atoms with E-state index in [1.807, 2.05) is 6.92 Å². The van der Waals surface area contributed by atoms with Crippen LogP contribution in [0.15, 0.2) is 23.3 Å². The summed E-state index contributed by atoms with van der Waals surface area (Å²) in [4.78, 5) is 11.3. The van der Waals surface area contributed by atoms with Crippen molar-refractivity contribution in [1.29, 1.82) is 0 Å². The molecule has 0 bridgehead atoms. The largest absolute Gasteiger partial charge is 0.396 e. The van der Waals surface area contributed by atoms with Crippen LogP contribution in [0.1, 0.15) is 80.1 Å². The summed E-state index contributed by atoms with van der Waals surface area (Å²) in [5.41, 5.74) is 1.48. The lowest BCUT2D eigenvalue weighted by Gasteiger charge is -2.34. The number of hydrogen-bond donors (Lipinski definition) is 5. The molecule has 0 heterocycles. The van der Waals surface area contributed by atoms with Gasteiger partial charge in [0.25, 0.3) is 0 Å². The van der Waals surface area contributed by atoms with Crippen LogP contribution in [0.5, 0.6) is 0 Å². The van der Waals surface area contributed by atoms with Gasteiger partial charge in [0.1, 0.15) is 6.10 Å².